The van der Waals surface area contributed by atoms with Crippen LogP contribution in [0.25, 0.3) is 0 Å². The van der Waals surface area contributed by atoms with Crippen molar-refractivity contribution in [3.63, 3.8) is 0 Å². The molecule has 1 aliphatic carbocycles. The fraction of sp³-hybridized carbons (Fsp3) is 0.440. The van der Waals surface area contributed by atoms with Crippen LogP contribution in [-0.4, -0.2) is 41.2 Å². The molecule has 1 aliphatic heterocycles. The topological polar surface area (TPSA) is 35.9 Å². The van der Waals surface area contributed by atoms with Crippen LogP contribution in [-0.2, 0) is 4.79 Å². The maximum atomic E-state index is 13.3. The maximum absolute atomic E-state index is 13.3. The maximum Gasteiger partial charge on any atom is 0.257 e. The van der Waals surface area contributed by atoms with E-state index in [1.165, 1.54) is 37.7 Å². The zero-order valence-electron chi connectivity index (χ0n) is 17.6. The van der Waals surface area contributed by atoms with E-state index in [1.807, 2.05) is 18.2 Å². The third-order valence-electron chi connectivity index (χ3n) is 6.32. The SMILES string of the molecule is Cc1ccc(C2=NN(C(=O)CN(C)C3CCCCC3)C(c3ccccc3)C2)cc1. The second kappa shape index (κ2) is 8.91. The number of hydrogen-bond acceptors (Lipinski definition) is 3. The van der Waals surface area contributed by atoms with E-state index in [2.05, 4.69) is 55.3 Å². The highest BCUT2D eigenvalue weighted by atomic mass is 16.2. The number of aryl methyl sites for hydroxylation is 1. The third kappa shape index (κ3) is 4.59. The van der Waals surface area contributed by atoms with E-state index in [1.54, 1.807) is 5.01 Å². The van der Waals surface area contributed by atoms with Crippen LogP contribution < -0.4 is 0 Å². The van der Waals surface area contributed by atoms with Gasteiger partial charge < -0.3 is 0 Å². The summed E-state index contributed by atoms with van der Waals surface area (Å²) < 4.78 is 0. The van der Waals surface area contributed by atoms with Crippen LogP contribution in [0.5, 0.6) is 0 Å². The van der Waals surface area contributed by atoms with E-state index in [0.29, 0.717) is 12.6 Å². The van der Waals surface area contributed by atoms with Crippen molar-refractivity contribution in [3.05, 3.63) is 71.3 Å². The second-order valence-corrected chi connectivity index (χ2v) is 8.49. The molecule has 0 saturated heterocycles. The van der Waals surface area contributed by atoms with Crippen molar-refractivity contribution in [2.75, 3.05) is 13.6 Å². The molecule has 0 aromatic heterocycles. The van der Waals surface area contributed by atoms with Crippen molar-refractivity contribution >= 4 is 11.6 Å². The number of rotatable bonds is 5. The molecule has 4 nitrogen and oxygen atoms in total. The van der Waals surface area contributed by atoms with Crippen molar-refractivity contribution in [1.82, 2.24) is 9.91 Å². The number of amides is 1. The van der Waals surface area contributed by atoms with Gasteiger partial charge in [0.2, 0.25) is 0 Å². The zero-order valence-corrected chi connectivity index (χ0v) is 17.6. The summed E-state index contributed by atoms with van der Waals surface area (Å²) in [4.78, 5) is 15.5. The van der Waals surface area contributed by atoms with Crippen molar-refractivity contribution < 1.29 is 4.79 Å². The van der Waals surface area contributed by atoms with Crippen molar-refractivity contribution in [1.29, 1.82) is 0 Å². The van der Waals surface area contributed by atoms with Gasteiger partial charge in [0.25, 0.3) is 5.91 Å². The van der Waals surface area contributed by atoms with Gasteiger partial charge in [-0.2, -0.15) is 5.10 Å². The molecule has 4 heteroatoms. The minimum Gasteiger partial charge on any atom is -0.295 e. The largest absolute Gasteiger partial charge is 0.295 e. The molecule has 1 fully saturated rings. The Morgan fingerprint density at radius 1 is 1.03 bits per heavy atom. The molecule has 2 aromatic carbocycles. The molecule has 1 saturated carbocycles. The molecule has 2 aliphatic rings. The van der Waals surface area contributed by atoms with E-state index in [4.69, 9.17) is 5.10 Å². The molecule has 0 N–H and O–H groups in total. The van der Waals surface area contributed by atoms with Crippen molar-refractivity contribution in [3.8, 4) is 0 Å². The smallest absolute Gasteiger partial charge is 0.257 e. The number of hydrazone groups is 1. The minimum absolute atomic E-state index is 0.0280. The van der Waals surface area contributed by atoms with Crippen molar-refractivity contribution in [2.24, 2.45) is 5.10 Å². The Labute approximate surface area is 174 Å². The summed E-state index contributed by atoms with van der Waals surface area (Å²) in [6, 6.07) is 19.2. The fourth-order valence-electron chi connectivity index (χ4n) is 4.53. The van der Waals surface area contributed by atoms with Gasteiger partial charge in [0.15, 0.2) is 0 Å². The molecule has 0 spiro atoms. The lowest BCUT2D eigenvalue weighted by atomic mass is 9.94. The summed E-state index contributed by atoms with van der Waals surface area (Å²) in [5.41, 5.74) is 4.47. The highest BCUT2D eigenvalue weighted by Crippen LogP contribution is 2.33. The van der Waals surface area contributed by atoms with Crippen LogP contribution >= 0.6 is 0 Å². The van der Waals surface area contributed by atoms with Gasteiger partial charge in [-0.25, -0.2) is 5.01 Å². The standard InChI is InChI=1S/C25H31N3O/c1-19-13-15-20(16-14-19)23-17-24(21-9-5-3-6-10-21)28(26-23)25(29)18-27(2)22-11-7-4-8-12-22/h3,5-6,9-10,13-16,22,24H,4,7-8,11-12,17-18H2,1-2H3. The van der Waals surface area contributed by atoms with E-state index < -0.39 is 0 Å². The Hall–Kier alpha value is -2.46. The van der Waals surface area contributed by atoms with Crippen LogP contribution in [0.1, 0.15) is 61.3 Å². The normalized spacial score (nSPS) is 20.2. The summed E-state index contributed by atoms with van der Waals surface area (Å²) >= 11 is 0. The zero-order chi connectivity index (χ0) is 20.2. The van der Waals surface area contributed by atoms with Gasteiger partial charge in [0, 0.05) is 12.5 Å². The van der Waals surface area contributed by atoms with Crippen molar-refractivity contribution in [2.45, 2.75) is 57.5 Å². The Balaban J connectivity index is 1.55. The van der Waals surface area contributed by atoms with Crippen LogP contribution in [0.3, 0.4) is 0 Å². The Morgan fingerprint density at radius 2 is 1.72 bits per heavy atom. The monoisotopic (exact) mass is 389 g/mol. The Morgan fingerprint density at radius 3 is 2.41 bits per heavy atom. The molecule has 1 unspecified atom stereocenters. The lowest BCUT2D eigenvalue weighted by Gasteiger charge is -2.32. The predicted octanol–water partition coefficient (Wildman–Crippen LogP) is 4.94. The van der Waals surface area contributed by atoms with Gasteiger partial charge in [-0.1, -0.05) is 79.4 Å². The number of carbonyl (C=O) groups excluding carboxylic acids is 1. The summed E-state index contributed by atoms with van der Waals surface area (Å²) in [7, 11) is 2.09. The molecule has 0 bridgehead atoms. The van der Waals surface area contributed by atoms with Crippen LogP contribution in [0.15, 0.2) is 59.7 Å². The number of carbonyl (C=O) groups is 1. The third-order valence-corrected chi connectivity index (χ3v) is 6.32. The molecule has 2 aromatic rings. The summed E-state index contributed by atoms with van der Waals surface area (Å²) in [6.45, 7) is 2.52. The van der Waals surface area contributed by atoms with E-state index >= 15 is 0 Å². The number of likely N-dealkylation sites (N-methyl/N-ethyl adjacent to an activating group) is 1. The number of hydrogen-bond donors (Lipinski definition) is 0. The van der Waals surface area contributed by atoms with Gasteiger partial charge in [-0.05, 0) is 37.9 Å². The minimum atomic E-state index is -0.0280. The van der Waals surface area contributed by atoms with E-state index in [-0.39, 0.29) is 11.9 Å². The molecular weight excluding hydrogens is 358 g/mol. The second-order valence-electron chi connectivity index (χ2n) is 8.49. The average Bonchev–Trinajstić information content (AvgIpc) is 3.21. The molecule has 29 heavy (non-hydrogen) atoms. The molecule has 152 valence electrons. The average molecular weight is 390 g/mol. The molecule has 1 atom stereocenters. The first-order chi connectivity index (χ1) is 14.1. The predicted molar refractivity (Wildman–Crippen MR) is 118 cm³/mol. The quantitative estimate of drug-likeness (QED) is 0.726. The molecular formula is C25H31N3O. The lowest BCUT2D eigenvalue weighted by Crippen LogP contribution is -2.41. The number of nitrogens with zero attached hydrogens (tertiary/aromatic N) is 3. The van der Waals surface area contributed by atoms with Crippen LogP contribution in [0.4, 0.5) is 0 Å². The van der Waals surface area contributed by atoms with Crippen LogP contribution in [0.2, 0.25) is 0 Å². The Kier molecular flexibility index (Phi) is 6.10. The van der Waals surface area contributed by atoms with Crippen LogP contribution in [0, 0.1) is 6.92 Å². The first kappa shape index (κ1) is 19.8. The highest BCUT2D eigenvalue weighted by Gasteiger charge is 2.34. The lowest BCUT2D eigenvalue weighted by molar-refractivity contribution is -0.134. The molecule has 4 rings (SSSR count). The first-order valence-electron chi connectivity index (χ1n) is 10.8. The highest BCUT2D eigenvalue weighted by molar-refractivity contribution is 6.03. The Bertz CT molecular complexity index is 853. The van der Waals surface area contributed by atoms with Gasteiger partial charge in [-0.15, -0.1) is 0 Å². The number of benzene rings is 2. The summed E-state index contributed by atoms with van der Waals surface area (Å²) in [5.74, 6) is 0.0917. The van der Waals surface area contributed by atoms with Gasteiger partial charge >= 0.3 is 0 Å². The van der Waals surface area contributed by atoms with Gasteiger partial charge in [-0.3, -0.25) is 9.69 Å². The molecule has 0 radical (unpaired) electrons. The molecule has 1 heterocycles. The van der Waals surface area contributed by atoms with Gasteiger partial charge in [0.1, 0.15) is 0 Å². The summed E-state index contributed by atoms with van der Waals surface area (Å²) in [5, 5.41) is 6.56. The fourth-order valence-corrected chi connectivity index (χ4v) is 4.53. The van der Waals surface area contributed by atoms with E-state index in [9.17, 15) is 4.79 Å². The molecule has 1 amide bonds. The van der Waals surface area contributed by atoms with Gasteiger partial charge in [0.05, 0.1) is 18.3 Å². The summed E-state index contributed by atoms with van der Waals surface area (Å²) in [6.07, 6.45) is 7.02. The first-order valence-corrected chi connectivity index (χ1v) is 10.8. The van der Waals surface area contributed by atoms with E-state index in [0.717, 1.165) is 23.3 Å².